The van der Waals surface area contributed by atoms with Crippen molar-refractivity contribution in [2.45, 2.75) is 13.3 Å². The number of carbonyl (C=O) groups excluding carboxylic acids is 1. The maximum atomic E-state index is 12.2. The van der Waals surface area contributed by atoms with Crippen LogP contribution in [0.25, 0.3) is 11.5 Å². The lowest BCUT2D eigenvalue weighted by atomic mass is 10.1. The fraction of sp³-hybridized carbons (Fsp3) is 0.261. The van der Waals surface area contributed by atoms with Crippen molar-refractivity contribution in [3.63, 3.8) is 0 Å². The van der Waals surface area contributed by atoms with Gasteiger partial charge in [-0.3, -0.25) is 0 Å². The van der Waals surface area contributed by atoms with Gasteiger partial charge >= 0.3 is 5.97 Å². The number of pyridine rings is 1. The molecule has 0 saturated carbocycles. The molecule has 0 radical (unpaired) electrons. The SMILES string of the molecule is Cc1cccc(-c2nccc(Nc3ccnc(Cc4nc(C(=O)OCC5CNC5)cs4)n3)n2)n1. The minimum atomic E-state index is -0.395. The Balaban J connectivity index is 1.23. The number of hydrogen-bond acceptors (Lipinski definition) is 11. The number of anilines is 2. The highest BCUT2D eigenvalue weighted by Crippen LogP contribution is 2.19. The molecule has 4 aromatic heterocycles. The van der Waals surface area contributed by atoms with E-state index >= 15 is 0 Å². The molecule has 1 aliphatic heterocycles. The number of hydrogen-bond donors (Lipinski definition) is 2. The van der Waals surface area contributed by atoms with Gasteiger partial charge in [0.15, 0.2) is 11.5 Å². The minimum absolute atomic E-state index is 0.319. The van der Waals surface area contributed by atoms with Gasteiger partial charge in [0.2, 0.25) is 0 Å². The molecule has 10 nitrogen and oxygen atoms in total. The zero-order chi connectivity index (χ0) is 23.3. The van der Waals surface area contributed by atoms with Gasteiger partial charge < -0.3 is 15.4 Å². The average Bonchev–Trinajstić information content (AvgIpc) is 3.27. The summed E-state index contributed by atoms with van der Waals surface area (Å²) in [6.07, 6.45) is 3.75. The van der Waals surface area contributed by atoms with Crippen molar-refractivity contribution in [3.8, 4) is 11.5 Å². The van der Waals surface area contributed by atoms with Gasteiger partial charge in [-0.05, 0) is 31.2 Å². The van der Waals surface area contributed by atoms with Gasteiger partial charge in [-0.1, -0.05) is 6.07 Å². The maximum absolute atomic E-state index is 12.2. The number of nitrogens with zero attached hydrogens (tertiary/aromatic N) is 6. The zero-order valence-corrected chi connectivity index (χ0v) is 19.2. The number of aryl methyl sites for hydroxylation is 1. The van der Waals surface area contributed by atoms with Crippen LogP contribution >= 0.6 is 11.3 Å². The number of thiazole rings is 1. The van der Waals surface area contributed by atoms with Gasteiger partial charge in [-0.2, -0.15) is 0 Å². The molecule has 34 heavy (non-hydrogen) atoms. The van der Waals surface area contributed by atoms with Crippen LogP contribution in [0.3, 0.4) is 0 Å². The number of esters is 1. The molecule has 5 rings (SSSR count). The lowest BCUT2D eigenvalue weighted by molar-refractivity contribution is 0.0391. The number of nitrogens with one attached hydrogen (secondary N) is 2. The minimum Gasteiger partial charge on any atom is -0.461 e. The zero-order valence-electron chi connectivity index (χ0n) is 18.4. The third-order valence-corrected chi connectivity index (χ3v) is 5.97. The van der Waals surface area contributed by atoms with Crippen molar-refractivity contribution in [2.24, 2.45) is 5.92 Å². The summed E-state index contributed by atoms with van der Waals surface area (Å²) in [7, 11) is 0. The van der Waals surface area contributed by atoms with Gasteiger partial charge in [0, 0.05) is 42.5 Å². The smallest absolute Gasteiger partial charge is 0.357 e. The van der Waals surface area contributed by atoms with Crippen LogP contribution in [0, 0.1) is 12.8 Å². The van der Waals surface area contributed by atoms with E-state index in [1.54, 1.807) is 29.9 Å². The Morgan fingerprint density at radius 2 is 1.91 bits per heavy atom. The molecule has 0 atom stereocenters. The summed E-state index contributed by atoms with van der Waals surface area (Å²) in [5, 5.41) is 8.79. The summed E-state index contributed by atoms with van der Waals surface area (Å²) in [6, 6.07) is 9.25. The van der Waals surface area contributed by atoms with Crippen LogP contribution in [-0.2, 0) is 11.2 Å². The van der Waals surface area contributed by atoms with Crippen molar-refractivity contribution >= 4 is 28.9 Å². The second kappa shape index (κ2) is 9.98. The molecule has 11 heteroatoms. The molecule has 0 spiro atoms. The molecule has 172 valence electrons. The Hall–Kier alpha value is -3.83. The van der Waals surface area contributed by atoms with Crippen LogP contribution in [0.15, 0.2) is 48.1 Å². The molecule has 1 saturated heterocycles. The first-order valence-corrected chi connectivity index (χ1v) is 11.7. The summed E-state index contributed by atoms with van der Waals surface area (Å²) in [5.41, 5.74) is 1.92. The first-order valence-electron chi connectivity index (χ1n) is 10.8. The Morgan fingerprint density at radius 3 is 2.71 bits per heavy atom. The topological polar surface area (TPSA) is 128 Å². The fourth-order valence-corrected chi connectivity index (χ4v) is 4.02. The van der Waals surface area contributed by atoms with Crippen LogP contribution in [0.1, 0.15) is 27.0 Å². The first-order chi connectivity index (χ1) is 16.6. The molecule has 2 N–H and O–H groups in total. The molecule has 4 aromatic rings. The normalized spacial score (nSPS) is 13.3. The molecule has 1 aliphatic rings. The van der Waals surface area contributed by atoms with Gasteiger partial charge in [0.05, 0.1) is 13.0 Å². The predicted octanol–water partition coefficient (Wildman–Crippen LogP) is 2.80. The second-order valence-corrected chi connectivity index (χ2v) is 8.78. The van der Waals surface area contributed by atoms with Crippen molar-refractivity contribution in [1.82, 2.24) is 35.2 Å². The van der Waals surface area contributed by atoms with Crippen LogP contribution < -0.4 is 10.6 Å². The van der Waals surface area contributed by atoms with Crippen LogP contribution in [0.4, 0.5) is 11.6 Å². The fourth-order valence-electron chi connectivity index (χ4n) is 3.26. The largest absolute Gasteiger partial charge is 0.461 e. The van der Waals surface area contributed by atoms with Crippen molar-refractivity contribution < 1.29 is 9.53 Å². The van der Waals surface area contributed by atoms with E-state index in [0.29, 0.717) is 53.6 Å². The molecule has 1 fully saturated rings. The van der Waals surface area contributed by atoms with Crippen molar-refractivity contribution in [3.05, 3.63) is 70.3 Å². The predicted molar refractivity (Wildman–Crippen MR) is 127 cm³/mol. The highest BCUT2D eigenvalue weighted by molar-refractivity contribution is 7.09. The quantitative estimate of drug-likeness (QED) is 0.368. The molecular weight excluding hydrogens is 452 g/mol. The molecule has 5 heterocycles. The number of rotatable bonds is 8. The Kier molecular flexibility index (Phi) is 6.45. The molecule has 0 bridgehead atoms. The Morgan fingerprint density at radius 1 is 1.09 bits per heavy atom. The maximum Gasteiger partial charge on any atom is 0.357 e. The van der Waals surface area contributed by atoms with Crippen LogP contribution in [0.5, 0.6) is 0 Å². The third kappa shape index (κ3) is 5.38. The van der Waals surface area contributed by atoms with E-state index in [4.69, 9.17) is 4.74 Å². The van der Waals surface area contributed by atoms with Crippen molar-refractivity contribution in [1.29, 1.82) is 0 Å². The van der Waals surface area contributed by atoms with Gasteiger partial charge in [-0.25, -0.2) is 34.7 Å². The van der Waals surface area contributed by atoms with E-state index in [-0.39, 0.29) is 0 Å². The molecule has 0 aromatic carbocycles. The highest BCUT2D eigenvalue weighted by Gasteiger charge is 2.20. The van der Waals surface area contributed by atoms with Crippen LogP contribution in [-0.4, -0.2) is 55.6 Å². The third-order valence-electron chi connectivity index (χ3n) is 5.12. The Labute approximate surface area is 199 Å². The second-order valence-electron chi connectivity index (χ2n) is 7.84. The van der Waals surface area contributed by atoms with E-state index < -0.39 is 5.97 Å². The summed E-state index contributed by atoms with van der Waals surface area (Å²) >= 11 is 1.38. The number of ether oxygens (including phenoxy) is 1. The number of carbonyl (C=O) groups is 1. The lowest BCUT2D eigenvalue weighted by Gasteiger charge is -2.26. The van der Waals surface area contributed by atoms with Crippen LogP contribution in [0.2, 0.25) is 0 Å². The van der Waals surface area contributed by atoms with E-state index in [9.17, 15) is 4.79 Å². The molecule has 0 aliphatic carbocycles. The first kappa shape index (κ1) is 22.0. The van der Waals surface area contributed by atoms with E-state index in [1.807, 2.05) is 25.1 Å². The monoisotopic (exact) mass is 474 g/mol. The summed E-state index contributed by atoms with van der Waals surface area (Å²) in [4.78, 5) is 38.8. The average molecular weight is 475 g/mol. The number of aromatic nitrogens is 6. The van der Waals surface area contributed by atoms with E-state index in [0.717, 1.165) is 23.8 Å². The molecular formula is C23H22N8O2S. The van der Waals surface area contributed by atoms with Gasteiger partial charge in [0.1, 0.15) is 28.2 Å². The molecule has 0 amide bonds. The summed E-state index contributed by atoms with van der Waals surface area (Å²) in [6.45, 7) is 4.11. The van der Waals surface area contributed by atoms with Gasteiger partial charge in [0.25, 0.3) is 0 Å². The standard InChI is InChI=1S/C23H22N8O2S/c1-14-3-2-4-16(27-14)22-26-8-6-19(31-22)29-18-5-7-25-20(30-18)9-21-28-17(13-34-21)23(32)33-12-15-10-24-11-15/h2-8,13,15,24H,9-12H2,1H3,(H,25,26,29,30,31). The highest BCUT2D eigenvalue weighted by atomic mass is 32.1. The summed E-state index contributed by atoms with van der Waals surface area (Å²) < 4.78 is 5.34. The van der Waals surface area contributed by atoms with E-state index in [1.165, 1.54) is 11.3 Å². The lowest BCUT2D eigenvalue weighted by Crippen LogP contribution is -2.44. The summed E-state index contributed by atoms with van der Waals surface area (Å²) in [5.74, 6) is 2.29. The Bertz CT molecular complexity index is 1310. The van der Waals surface area contributed by atoms with Gasteiger partial charge in [-0.15, -0.1) is 11.3 Å². The van der Waals surface area contributed by atoms with Crippen molar-refractivity contribution in [2.75, 3.05) is 25.0 Å². The molecule has 0 unspecified atom stereocenters. The van der Waals surface area contributed by atoms with E-state index in [2.05, 4.69) is 40.5 Å².